The molecule has 11 heavy (non-hydrogen) atoms. The Morgan fingerprint density at radius 3 is 2.64 bits per heavy atom. The fraction of sp³-hybridized carbons (Fsp3) is 0.429. The third kappa shape index (κ3) is 1.46. The van der Waals surface area contributed by atoms with Crippen molar-refractivity contribution in [1.29, 1.82) is 0 Å². The molecular weight excluding hydrogens is 142 g/mol. The van der Waals surface area contributed by atoms with Gasteiger partial charge in [0.1, 0.15) is 6.10 Å². The van der Waals surface area contributed by atoms with Gasteiger partial charge in [-0.05, 0) is 6.07 Å². The van der Waals surface area contributed by atoms with Gasteiger partial charge in [0, 0.05) is 25.5 Å². The second-order valence-electron chi connectivity index (χ2n) is 2.43. The van der Waals surface area contributed by atoms with Crippen LogP contribution in [-0.2, 0) is 0 Å². The molecule has 0 spiro atoms. The summed E-state index contributed by atoms with van der Waals surface area (Å²) in [5, 5.41) is 3.10. The highest BCUT2D eigenvalue weighted by Crippen LogP contribution is 2.04. The predicted molar refractivity (Wildman–Crippen MR) is 39.3 cm³/mol. The van der Waals surface area contributed by atoms with Gasteiger partial charge in [0.2, 0.25) is 0 Å². The molecule has 0 bridgehead atoms. The Morgan fingerprint density at radius 2 is 2.09 bits per heavy atom. The Morgan fingerprint density at radius 1 is 1.36 bits per heavy atom. The Labute approximate surface area is 64.6 Å². The van der Waals surface area contributed by atoms with E-state index in [-0.39, 0.29) is 6.10 Å². The van der Waals surface area contributed by atoms with Crippen LogP contribution in [0, 0.1) is 0 Å². The Balaban J connectivity index is 1.95. The summed E-state index contributed by atoms with van der Waals surface area (Å²) in [5.41, 5.74) is 0. The first-order chi connectivity index (χ1) is 5.45. The van der Waals surface area contributed by atoms with Gasteiger partial charge in [-0.2, -0.15) is 0 Å². The lowest BCUT2D eigenvalue weighted by atomic mass is 10.2. The maximum Gasteiger partial charge on any atom is 0.316 e. The minimum Gasteiger partial charge on any atom is -0.457 e. The molecule has 1 aromatic rings. The molecule has 1 saturated heterocycles. The van der Waals surface area contributed by atoms with Gasteiger partial charge < -0.3 is 10.1 Å². The Bertz CT molecular complexity index is 222. The number of aromatic nitrogens is 2. The molecule has 2 heterocycles. The Hall–Kier alpha value is -1.16. The van der Waals surface area contributed by atoms with Crippen molar-refractivity contribution in [3.63, 3.8) is 0 Å². The summed E-state index contributed by atoms with van der Waals surface area (Å²) in [7, 11) is 0. The molecule has 0 aliphatic carbocycles. The standard InChI is InChI=1S/C7H9N3O/c1-2-9-7(10-3-1)11-6-4-8-5-6/h1-3,6,8H,4-5H2. The largest absolute Gasteiger partial charge is 0.457 e. The van der Waals surface area contributed by atoms with Crippen LogP contribution < -0.4 is 10.1 Å². The molecule has 1 aliphatic rings. The monoisotopic (exact) mass is 151 g/mol. The first-order valence-corrected chi connectivity index (χ1v) is 3.59. The van der Waals surface area contributed by atoms with Gasteiger partial charge in [-0.1, -0.05) is 0 Å². The van der Waals surface area contributed by atoms with Crippen molar-refractivity contribution in [1.82, 2.24) is 15.3 Å². The third-order valence-corrected chi connectivity index (χ3v) is 1.56. The minimum absolute atomic E-state index is 0.261. The van der Waals surface area contributed by atoms with E-state index in [9.17, 15) is 0 Å². The molecule has 1 N–H and O–H groups in total. The number of hydrogen-bond donors (Lipinski definition) is 1. The summed E-state index contributed by atoms with van der Waals surface area (Å²) in [6.07, 6.45) is 3.61. The normalized spacial score (nSPS) is 17.5. The minimum atomic E-state index is 0.261. The highest BCUT2D eigenvalue weighted by molar-refractivity contribution is 4.95. The van der Waals surface area contributed by atoms with E-state index >= 15 is 0 Å². The number of rotatable bonds is 2. The molecule has 1 aromatic heterocycles. The van der Waals surface area contributed by atoms with Gasteiger partial charge >= 0.3 is 6.01 Å². The van der Waals surface area contributed by atoms with Crippen LogP contribution in [-0.4, -0.2) is 29.2 Å². The van der Waals surface area contributed by atoms with Gasteiger partial charge in [0.15, 0.2) is 0 Å². The summed E-state index contributed by atoms with van der Waals surface area (Å²) in [5.74, 6) is 0. The number of ether oxygens (including phenoxy) is 1. The molecule has 58 valence electrons. The molecule has 0 atom stereocenters. The van der Waals surface area contributed by atoms with Gasteiger partial charge in [0.25, 0.3) is 0 Å². The molecule has 1 aliphatic heterocycles. The summed E-state index contributed by atoms with van der Waals surface area (Å²) in [6.45, 7) is 1.80. The van der Waals surface area contributed by atoms with E-state index < -0.39 is 0 Å². The lowest BCUT2D eigenvalue weighted by Gasteiger charge is -2.26. The molecule has 0 saturated carbocycles. The van der Waals surface area contributed by atoms with Gasteiger partial charge in [-0.3, -0.25) is 0 Å². The highest BCUT2D eigenvalue weighted by atomic mass is 16.5. The summed E-state index contributed by atoms with van der Waals surface area (Å²) in [4.78, 5) is 7.88. The zero-order valence-electron chi connectivity index (χ0n) is 6.03. The summed E-state index contributed by atoms with van der Waals surface area (Å²) in [6, 6.07) is 2.24. The van der Waals surface area contributed by atoms with Crippen molar-refractivity contribution in [2.45, 2.75) is 6.10 Å². The van der Waals surface area contributed by atoms with Crippen LogP contribution in [0.1, 0.15) is 0 Å². The molecular formula is C7H9N3O. The third-order valence-electron chi connectivity index (χ3n) is 1.56. The van der Waals surface area contributed by atoms with E-state index in [1.165, 1.54) is 0 Å². The van der Waals surface area contributed by atoms with Crippen LogP contribution >= 0.6 is 0 Å². The van der Waals surface area contributed by atoms with E-state index in [1.807, 2.05) is 0 Å². The average molecular weight is 151 g/mol. The van der Waals surface area contributed by atoms with Crippen molar-refractivity contribution in [2.24, 2.45) is 0 Å². The number of nitrogens with one attached hydrogen (secondary N) is 1. The predicted octanol–water partition coefficient (Wildman–Crippen LogP) is -0.173. The smallest absolute Gasteiger partial charge is 0.316 e. The van der Waals surface area contributed by atoms with E-state index in [0.29, 0.717) is 6.01 Å². The van der Waals surface area contributed by atoms with Crippen LogP contribution in [0.2, 0.25) is 0 Å². The van der Waals surface area contributed by atoms with Crippen molar-refractivity contribution in [3.8, 4) is 6.01 Å². The molecule has 0 amide bonds. The van der Waals surface area contributed by atoms with Crippen LogP contribution in [0.4, 0.5) is 0 Å². The van der Waals surface area contributed by atoms with Gasteiger partial charge in [0.05, 0.1) is 0 Å². The van der Waals surface area contributed by atoms with Gasteiger partial charge in [-0.25, -0.2) is 9.97 Å². The van der Waals surface area contributed by atoms with Crippen LogP contribution in [0.5, 0.6) is 6.01 Å². The van der Waals surface area contributed by atoms with Crippen LogP contribution in [0.3, 0.4) is 0 Å². The quantitative estimate of drug-likeness (QED) is 0.637. The first kappa shape index (κ1) is 6.54. The van der Waals surface area contributed by atoms with Crippen LogP contribution in [0.25, 0.3) is 0 Å². The van der Waals surface area contributed by atoms with Crippen molar-refractivity contribution in [3.05, 3.63) is 18.5 Å². The SMILES string of the molecule is c1cnc(OC2CNC2)nc1. The van der Waals surface area contributed by atoms with Crippen molar-refractivity contribution >= 4 is 0 Å². The lowest BCUT2D eigenvalue weighted by Crippen LogP contribution is -2.50. The maximum atomic E-state index is 5.37. The average Bonchev–Trinajstić information content (AvgIpc) is 1.99. The Kier molecular flexibility index (Phi) is 1.69. The number of hydrogen-bond acceptors (Lipinski definition) is 4. The molecule has 4 nitrogen and oxygen atoms in total. The summed E-state index contributed by atoms with van der Waals surface area (Å²) < 4.78 is 5.37. The highest BCUT2D eigenvalue weighted by Gasteiger charge is 2.18. The molecule has 4 heteroatoms. The second-order valence-corrected chi connectivity index (χ2v) is 2.43. The zero-order valence-corrected chi connectivity index (χ0v) is 6.03. The first-order valence-electron chi connectivity index (χ1n) is 3.59. The fourth-order valence-corrected chi connectivity index (χ4v) is 0.841. The molecule has 0 radical (unpaired) electrons. The van der Waals surface area contributed by atoms with Gasteiger partial charge in [-0.15, -0.1) is 0 Å². The second kappa shape index (κ2) is 2.84. The molecule has 0 aromatic carbocycles. The fourth-order valence-electron chi connectivity index (χ4n) is 0.841. The van der Waals surface area contributed by atoms with E-state index in [0.717, 1.165) is 13.1 Å². The number of nitrogens with zero attached hydrogens (tertiary/aromatic N) is 2. The van der Waals surface area contributed by atoms with E-state index in [1.54, 1.807) is 18.5 Å². The van der Waals surface area contributed by atoms with E-state index in [2.05, 4.69) is 15.3 Å². The van der Waals surface area contributed by atoms with Crippen molar-refractivity contribution in [2.75, 3.05) is 13.1 Å². The topological polar surface area (TPSA) is 47.0 Å². The lowest BCUT2D eigenvalue weighted by molar-refractivity contribution is 0.129. The summed E-state index contributed by atoms with van der Waals surface area (Å²) >= 11 is 0. The maximum absolute atomic E-state index is 5.37. The molecule has 2 rings (SSSR count). The zero-order chi connectivity index (χ0) is 7.52. The van der Waals surface area contributed by atoms with Crippen molar-refractivity contribution < 1.29 is 4.74 Å². The van der Waals surface area contributed by atoms with Crippen LogP contribution in [0.15, 0.2) is 18.5 Å². The molecule has 1 fully saturated rings. The molecule has 0 unspecified atom stereocenters. The van der Waals surface area contributed by atoms with E-state index in [4.69, 9.17) is 4.74 Å².